The lowest BCUT2D eigenvalue weighted by molar-refractivity contribution is 0.604. The van der Waals surface area contributed by atoms with Gasteiger partial charge in [-0.1, -0.05) is 17.7 Å². The van der Waals surface area contributed by atoms with Gasteiger partial charge < -0.3 is 10.2 Å². The molecule has 2 aromatic rings. The van der Waals surface area contributed by atoms with Crippen LogP contribution in [0.4, 0.5) is 15.8 Å². The maximum absolute atomic E-state index is 13.5. The molecule has 0 amide bonds. The van der Waals surface area contributed by atoms with Gasteiger partial charge in [-0.2, -0.15) is 0 Å². The van der Waals surface area contributed by atoms with Crippen molar-refractivity contribution in [3.8, 4) is 0 Å². The number of rotatable bonds is 1. The fourth-order valence-corrected chi connectivity index (χ4v) is 3.95. The van der Waals surface area contributed by atoms with Crippen molar-refractivity contribution < 1.29 is 4.39 Å². The van der Waals surface area contributed by atoms with Crippen LogP contribution in [0.5, 0.6) is 0 Å². The number of anilines is 2. The van der Waals surface area contributed by atoms with Crippen LogP contribution < -0.4 is 10.2 Å². The van der Waals surface area contributed by atoms with Crippen molar-refractivity contribution in [3.63, 3.8) is 0 Å². The maximum Gasteiger partial charge on any atom is 0.178 e. The van der Waals surface area contributed by atoms with Crippen molar-refractivity contribution >= 4 is 28.7 Å². The fourth-order valence-electron chi connectivity index (χ4n) is 3.57. The Bertz CT molecular complexity index is 777. The Balaban J connectivity index is 1.93. The monoisotopic (exact) mass is 342 g/mol. The number of nitrogens with zero attached hydrogens (tertiary/aromatic N) is 1. The largest absolute Gasteiger partial charge is 0.332 e. The molecule has 0 aromatic heterocycles. The minimum Gasteiger partial charge on any atom is -0.332 e. The highest BCUT2D eigenvalue weighted by molar-refractivity contribution is 7.80. The van der Waals surface area contributed by atoms with Crippen LogP contribution in [0.15, 0.2) is 30.3 Å². The van der Waals surface area contributed by atoms with Gasteiger partial charge in [-0.3, -0.25) is 0 Å². The van der Waals surface area contributed by atoms with Crippen LogP contribution >= 0.6 is 12.2 Å². The summed E-state index contributed by atoms with van der Waals surface area (Å²) < 4.78 is 13.5. The molecule has 0 saturated carbocycles. The molecule has 2 aromatic carbocycles. The molecule has 3 rings (SSSR count). The highest BCUT2D eigenvalue weighted by Gasteiger charge is 2.26. The van der Waals surface area contributed by atoms with E-state index in [4.69, 9.17) is 12.2 Å². The van der Waals surface area contributed by atoms with Crippen LogP contribution in [0.3, 0.4) is 0 Å². The third-order valence-electron chi connectivity index (χ3n) is 4.70. The van der Waals surface area contributed by atoms with E-state index in [1.54, 1.807) is 6.07 Å². The number of hydrogen-bond donors (Lipinski definition) is 1. The summed E-state index contributed by atoms with van der Waals surface area (Å²) in [5, 5.41) is 4.10. The minimum atomic E-state index is -0.188. The topological polar surface area (TPSA) is 15.3 Å². The highest BCUT2D eigenvalue weighted by atomic mass is 32.1. The Kier molecular flexibility index (Phi) is 4.59. The SMILES string of the molecule is Cc1cc(C)c(NC(=S)N2c3ccc(F)cc3CCC2C)c(C)c1. The van der Waals surface area contributed by atoms with Gasteiger partial charge in [0, 0.05) is 17.4 Å². The second-order valence-electron chi connectivity index (χ2n) is 6.73. The first-order valence-corrected chi connectivity index (χ1v) is 8.74. The zero-order chi connectivity index (χ0) is 17.4. The molecule has 1 aliphatic heterocycles. The van der Waals surface area contributed by atoms with E-state index in [1.807, 2.05) is 6.07 Å². The van der Waals surface area contributed by atoms with Gasteiger partial charge in [0.2, 0.25) is 0 Å². The molecule has 24 heavy (non-hydrogen) atoms. The molecule has 0 radical (unpaired) electrons. The molecule has 1 heterocycles. The van der Waals surface area contributed by atoms with Gasteiger partial charge in [0.1, 0.15) is 5.82 Å². The van der Waals surface area contributed by atoms with Crippen molar-refractivity contribution in [3.05, 3.63) is 58.4 Å². The summed E-state index contributed by atoms with van der Waals surface area (Å²) in [7, 11) is 0. The summed E-state index contributed by atoms with van der Waals surface area (Å²) in [6.45, 7) is 8.44. The molecule has 0 fully saturated rings. The zero-order valence-electron chi connectivity index (χ0n) is 14.6. The molecule has 0 bridgehead atoms. The molecule has 2 nitrogen and oxygen atoms in total. The number of nitrogens with one attached hydrogen (secondary N) is 1. The average Bonchev–Trinajstić information content (AvgIpc) is 2.50. The third-order valence-corrected chi connectivity index (χ3v) is 5.00. The molecular weight excluding hydrogens is 319 g/mol. The van der Waals surface area contributed by atoms with Crippen LogP contribution in [0.2, 0.25) is 0 Å². The predicted octanol–water partition coefficient (Wildman–Crippen LogP) is 5.29. The van der Waals surface area contributed by atoms with E-state index in [9.17, 15) is 4.39 Å². The van der Waals surface area contributed by atoms with Crippen LogP contribution in [0.1, 0.15) is 35.6 Å². The number of aryl methyl sites for hydroxylation is 4. The van der Waals surface area contributed by atoms with Crippen LogP contribution in [0, 0.1) is 26.6 Å². The van der Waals surface area contributed by atoms with Crippen molar-refractivity contribution in [2.75, 3.05) is 10.2 Å². The van der Waals surface area contributed by atoms with Crippen molar-refractivity contribution in [1.82, 2.24) is 0 Å². The molecule has 0 aliphatic carbocycles. The van der Waals surface area contributed by atoms with Crippen molar-refractivity contribution in [2.24, 2.45) is 0 Å². The van der Waals surface area contributed by atoms with Crippen molar-refractivity contribution in [1.29, 1.82) is 0 Å². The molecule has 126 valence electrons. The van der Waals surface area contributed by atoms with Crippen LogP contribution in [-0.2, 0) is 6.42 Å². The maximum atomic E-state index is 13.5. The summed E-state index contributed by atoms with van der Waals surface area (Å²) in [5.74, 6) is -0.188. The summed E-state index contributed by atoms with van der Waals surface area (Å²) >= 11 is 5.72. The van der Waals surface area contributed by atoms with E-state index in [1.165, 1.54) is 22.8 Å². The molecule has 1 N–H and O–H groups in total. The van der Waals surface area contributed by atoms with E-state index in [0.717, 1.165) is 29.8 Å². The van der Waals surface area contributed by atoms with E-state index >= 15 is 0 Å². The molecule has 1 atom stereocenters. The number of halogens is 1. The van der Waals surface area contributed by atoms with E-state index in [-0.39, 0.29) is 11.9 Å². The fraction of sp³-hybridized carbons (Fsp3) is 0.350. The predicted molar refractivity (Wildman–Crippen MR) is 104 cm³/mol. The highest BCUT2D eigenvalue weighted by Crippen LogP contribution is 2.32. The second kappa shape index (κ2) is 6.52. The lowest BCUT2D eigenvalue weighted by Gasteiger charge is -2.37. The number of hydrogen-bond acceptors (Lipinski definition) is 1. The zero-order valence-corrected chi connectivity index (χ0v) is 15.4. The van der Waals surface area contributed by atoms with Gasteiger partial charge in [0.25, 0.3) is 0 Å². The van der Waals surface area contributed by atoms with Gasteiger partial charge in [-0.05, 0) is 87.6 Å². The smallest absolute Gasteiger partial charge is 0.178 e. The summed E-state index contributed by atoms with van der Waals surface area (Å²) in [5.41, 5.74) is 6.70. The summed E-state index contributed by atoms with van der Waals surface area (Å²) in [6.07, 6.45) is 1.85. The average molecular weight is 342 g/mol. The van der Waals surface area contributed by atoms with Crippen molar-refractivity contribution in [2.45, 2.75) is 46.6 Å². The molecule has 4 heteroatoms. The lowest BCUT2D eigenvalue weighted by Crippen LogP contribution is -2.44. The molecule has 1 aliphatic rings. The standard InChI is InChI=1S/C20H23FN2S/c1-12-9-13(2)19(14(3)10-12)22-20(24)23-15(4)5-6-16-11-17(21)7-8-18(16)23/h7-11,15H,5-6H2,1-4H3,(H,22,24). The van der Waals surface area contributed by atoms with Gasteiger partial charge >= 0.3 is 0 Å². The van der Waals surface area contributed by atoms with E-state index in [0.29, 0.717) is 5.11 Å². The Morgan fingerprint density at radius 3 is 2.50 bits per heavy atom. The lowest BCUT2D eigenvalue weighted by atomic mass is 9.97. The number of benzene rings is 2. The normalized spacial score (nSPS) is 16.7. The van der Waals surface area contributed by atoms with Crippen LogP contribution in [-0.4, -0.2) is 11.2 Å². The van der Waals surface area contributed by atoms with Gasteiger partial charge in [-0.25, -0.2) is 4.39 Å². The van der Waals surface area contributed by atoms with Gasteiger partial charge in [-0.15, -0.1) is 0 Å². The minimum absolute atomic E-state index is 0.188. The first-order valence-electron chi connectivity index (χ1n) is 8.33. The Morgan fingerprint density at radius 1 is 1.17 bits per heavy atom. The first kappa shape index (κ1) is 16.9. The first-order chi connectivity index (χ1) is 11.4. The summed E-state index contributed by atoms with van der Waals surface area (Å²) in [6, 6.07) is 9.56. The Labute approximate surface area is 148 Å². The van der Waals surface area contributed by atoms with Gasteiger partial charge in [0.15, 0.2) is 5.11 Å². The summed E-state index contributed by atoms with van der Waals surface area (Å²) in [4.78, 5) is 2.12. The molecule has 0 saturated heterocycles. The Morgan fingerprint density at radius 2 is 1.83 bits per heavy atom. The van der Waals surface area contributed by atoms with E-state index in [2.05, 4.69) is 50.0 Å². The third kappa shape index (κ3) is 3.16. The number of thiocarbonyl (C=S) groups is 1. The molecule has 1 unspecified atom stereocenters. The van der Waals surface area contributed by atoms with Crippen LogP contribution in [0.25, 0.3) is 0 Å². The second-order valence-corrected chi connectivity index (χ2v) is 7.12. The van der Waals surface area contributed by atoms with Gasteiger partial charge in [0.05, 0.1) is 0 Å². The Hall–Kier alpha value is -1.94. The number of fused-ring (bicyclic) bond motifs is 1. The molecular formula is C20H23FN2S. The van der Waals surface area contributed by atoms with E-state index < -0.39 is 0 Å². The molecule has 0 spiro atoms. The quantitative estimate of drug-likeness (QED) is 0.709.